The van der Waals surface area contributed by atoms with Crippen LogP contribution in [0.1, 0.15) is 0 Å². The van der Waals surface area contributed by atoms with E-state index in [4.69, 9.17) is 5.84 Å². The fraction of sp³-hybridized carbons (Fsp3) is 0.333. The van der Waals surface area contributed by atoms with Crippen molar-refractivity contribution < 1.29 is 22.1 Å². The number of halogens is 2. The highest BCUT2D eigenvalue weighted by atomic mass is 32.2. The summed E-state index contributed by atoms with van der Waals surface area (Å²) in [6.07, 6.45) is -2.90. The van der Waals surface area contributed by atoms with E-state index in [0.29, 0.717) is 4.31 Å². The lowest BCUT2D eigenvalue weighted by atomic mass is 10.3. The molecule has 1 aromatic rings. The van der Waals surface area contributed by atoms with Crippen LogP contribution in [0.15, 0.2) is 23.1 Å². The maximum absolute atomic E-state index is 12.3. The van der Waals surface area contributed by atoms with Crippen molar-refractivity contribution in [2.45, 2.75) is 11.3 Å². The van der Waals surface area contributed by atoms with Gasteiger partial charge >= 0.3 is 0 Å². The SMILES string of the molecule is CN(CC(F)F)S(=O)(=O)c1cc(NN)ccc1[N+](=O)[O-]. The molecule has 0 radical (unpaired) electrons. The number of nitrogens with two attached hydrogens (primary N) is 1. The van der Waals surface area contributed by atoms with E-state index in [-0.39, 0.29) is 5.69 Å². The second kappa shape index (κ2) is 6.07. The summed E-state index contributed by atoms with van der Waals surface area (Å²) in [7, 11) is -3.52. The molecule has 0 aliphatic carbocycles. The Balaban J connectivity index is 3.38. The van der Waals surface area contributed by atoms with Gasteiger partial charge in [-0.3, -0.25) is 16.0 Å². The number of anilines is 1. The third-order valence-electron chi connectivity index (χ3n) is 2.41. The van der Waals surface area contributed by atoms with Gasteiger partial charge in [-0.2, -0.15) is 4.31 Å². The van der Waals surface area contributed by atoms with Gasteiger partial charge in [0.15, 0.2) is 4.90 Å². The maximum atomic E-state index is 12.3. The number of alkyl halides is 2. The van der Waals surface area contributed by atoms with Crippen molar-refractivity contribution in [2.24, 2.45) is 5.84 Å². The van der Waals surface area contributed by atoms with Crippen LogP contribution >= 0.6 is 0 Å². The van der Waals surface area contributed by atoms with Crippen LogP contribution in [0.5, 0.6) is 0 Å². The summed E-state index contributed by atoms with van der Waals surface area (Å²) in [5.74, 6) is 5.10. The lowest BCUT2D eigenvalue weighted by molar-refractivity contribution is -0.387. The van der Waals surface area contributed by atoms with E-state index in [2.05, 4.69) is 5.43 Å². The van der Waals surface area contributed by atoms with E-state index in [0.717, 1.165) is 19.2 Å². The quantitative estimate of drug-likeness (QED) is 0.455. The first kappa shape index (κ1) is 16.2. The van der Waals surface area contributed by atoms with Crippen LogP contribution in [0.3, 0.4) is 0 Å². The standard InChI is InChI=1S/C9H12F2N4O4S/c1-14(5-9(10)11)20(18,19)8-4-6(13-12)2-3-7(8)15(16)17/h2-4,9,13H,5,12H2,1H3. The molecule has 20 heavy (non-hydrogen) atoms. The predicted octanol–water partition coefficient (Wildman–Crippen LogP) is 0.766. The minimum absolute atomic E-state index is 0.0969. The Kier molecular flexibility index (Phi) is 4.92. The first-order chi connectivity index (χ1) is 9.20. The Morgan fingerprint density at radius 3 is 2.55 bits per heavy atom. The average Bonchev–Trinajstić information content (AvgIpc) is 2.36. The number of rotatable bonds is 6. The maximum Gasteiger partial charge on any atom is 0.289 e. The van der Waals surface area contributed by atoms with Crippen LogP contribution in [0.25, 0.3) is 0 Å². The fourth-order valence-corrected chi connectivity index (χ4v) is 2.75. The Labute approximate surface area is 113 Å². The summed E-state index contributed by atoms with van der Waals surface area (Å²) in [5.41, 5.74) is 1.51. The zero-order valence-electron chi connectivity index (χ0n) is 10.3. The number of sulfonamides is 1. The number of nitrogens with zero attached hydrogens (tertiary/aromatic N) is 2. The molecule has 11 heteroatoms. The molecule has 0 bridgehead atoms. The molecule has 0 aliphatic heterocycles. The molecule has 0 aliphatic rings. The minimum Gasteiger partial charge on any atom is -0.324 e. The monoisotopic (exact) mass is 310 g/mol. The molecule has 1 rings (SSSR count). The molecular formula is C9H12F2N4O4S. The highest BCUT2D eigenvalue weighted by Crippen LogP contribution is 2.29. The number of benzene rings is 1. The zero-order valence-corrected chi connectivity index (χ0v) is 11.1. The van der Waals surface area contributed by atoms with E-state index < -0.39 is 38.5 Å². The molecule has 0 atom stereocenters. The second-order valence-electron chi connectivity index (χ2n) is 3.76. The third-order valence-corrected chi connectivity index (χ3v) is 4.26. The largest absolute Gasteiger partial charge is 0.324 e. The Morgan fingerprint density at radius 2 is 2.10 bits per heavy atom. The van der Waals surface area contributed by atoms with Crippen molar-refractivity contribution in [2.75, 3.05) is 19.0 Å². The van der Waals surface area contributed by atoms with Crippen molar-refractivity contribution in [1.29, 1.82) is 0 Å². The molecule has 0 saturated carbocycles. The van der Waals surface area contributed by atoms with Crippen molar-refractivity contribution in [3.8, 4) is 0 Å². The van der Waals surface area contributed by atoms with Crippen LogP contribution in [-0.4, -0.2) is 37.7 Å². The molecule has 0 unspecified atom stereocenters. The van der Waals surface area contributed by atoms with Crippen molar-refractivity contribution in [3.63, 3.8) is 0 Å². The Hall–Kier alpha value is -1.85. The number of nitrogen functional groups attached to an aromatic ring is 1. The van der Waals surface area contributed by atoms with Gasteiger partial charge in [-0.1, -0.05) is 0 Å². The summed E-state index contributed by atoms with van der Waals surface area (Å²) < 4.78 is 49.0. The lowest BCUT2D eigenvalue weighted by Crippen LogP contribution is -2.31. The van der Waals surface area contributed by atoms with Crippen LogP contribution < -0.4 is 11.3 Å². The van der Waals surface area contributed by atoms with E-state index in [1.54, 1.807) is 0 Å². The predicted molar refractivity (Wildman–Crippen MR) is 66.7 cm³/mol. The van der Waals surface area contributed by atoms with Gasteiger partial charge in [0.05, 0.1) is 17.2 Å². The van der Waals surface area contributed by atoms with E-state index in [1.807, 2.05) is 0 Å². The number of hydrazine groups is 1. The van der Waals surface area contributed by atoms with Gasteiger partial charge in [0, 0.05) is 13.1 Å². The number of hydrogen-bond acceptors (Lipinski definition) is 6. The summed E-state index contributed by atoms with van der Waals surface area (Å²) in [5, 5.41) is 10.8. The second-order valence-corrected chi connectivity index (χ2v) is 5.77. The van der Waals surface area contributed by atoms with Crippen LogP contribution in [0, 0.1) is 10.1 Å². The summed E-state index contributed by atoms with van der Waals surface area (Å²) in [6, 6.07) is 3.04. The van der Waals surface area contributed by atoms with Crippen molar-refractivity contribution in [3.05, 3.63) is 28.3 Å². The normalized spacial score (nSPS) is 11.9. The lowest BCUT2D eigenvalue weighted by Gasteiger charge is -2.17. The fourth-order valence-electron chi connectivity index (χ4n) is 1.42. The highest BCUT2D eigenvalue weighted by molar-refractivity contribution is 7.89. The topological polar surface area (TPSA) is 119 Å². The summed E-state index contributed by atoms with van der Waals surface area (Å²) in [6.45, 7) is -1.07. The molecule has 3 N–H and O–H groups in total. The summed E-state index contributed by atoms with van der Waals surface area (Å²) >= 11 is 0. The number of nitro benzene ring substituents is 1. The molecule has 0 heterocycles. The third kappa shape index (κ3) is 3.37. The summed E-state index contributed by atoms with van der Waals surface area (Å²) in [4.78, 5) is 9.22. The van der Waals surface area contributed by atoms with Gasteiger partial charge in [-0.15, -0.1) is 0 Å². The van der Waals surface area contributed by atoms with Gasteiger partial charge in [0.1, 0.15) is 0 Å². The van der Waals surface area contributed by atoms with Gasteiger partial charge in [0.2, 0.25) is 10.0 Å². The zero-order chi connectivity index (χ0) is 15.5. The number of nitro groups is 1. The van der Waals surface area contributed by atoms with E-state index >= 15 is 0 Å². The molecule has 0 spiro atoms. The molecule has 112 valence electrons. The van der Waals surface area contributed by atoms with E-state index in [9.17, 15) is 27.3 Å². The molecule has 1 aromatic carbocycles. The van der Waals surface area contributed by atoms with Gasteiger partial charge < -0.3 is 5.43 Å². The molecule has 0 aromatic heterocycles. The molecule has 8 nitrogen and oxygen atoms in total. The average molecular weight is 310 g/mol. The van der Waals surface area contributed by atoms with Gasteiger partial charge in [0.25, 0.3) is 12.1 Å². The minimum atomic E-state index is -4.43. The van der Waals surface area contributed by atoms with Crippen LogP contribution in [0.2, 0.25) is 0 Å². The highest BCUT2D eigenvalue weighted by Gasteiger charge is 2.31. The van der Waals surface area contributed by atoms with E-state index in [1.165, 1.54) is 6.07 Å². The molecule has 0 fully saturated rings. The number of nitrogens with one attached hydrogen (secondary N) is 1. The van der Waals surface area contributed by atoms with Gasteiger partial charge in [-0.25, -0.2) is 17.2 Å². The molecule has 0 saturated heterocycles. The Bertz CT molecular complexity index is 608. The van der Waals surface area contributed by atoms with Crippen LogP contribution in [0.4, 0.5) is 20.2 Å². The van der Waals surface area contributed by atoms with Crippen molar-refractivity contribution >= 4 is 21.4 Å². The number of hydrogen-bond donors (Lipinski definition) is 2. The first-order valence-corrected chi connectivity index (χ1v) is 6.63. The Morgan fingerprint density at radius 1 is 1.50 bits per heavy atom. The molecule has 0 amide bonds. The van der Waals surface area contributed by atoms with Crippen LogP contribution in [-0.2, 0) is 10.0 Å². The molecular weight excluding hydrogens is 298 g/mol. The van der Waals surface area contributed by atoms with Gasteiger partial charge in [-0.05, 0) is 12.1 Å². The first-order valence-electron chi connectivity index (χ1n) is 5.19. The smallest absolute Gasteiger partial charge is 0.289 e. The van der Waals surface area contributed by atoms with Crippen molar-refractivity contribution in [1.82, 2.24) is 4.31 Å².